The van der Waals surface area contributed by atoms with E-state index in [0.717, 1.165) is 5.56 Å². The number of nitrogens with one attached hydrogen (secondary N) is 1. The van der Waals surface area contributed by atoms with E-state index in [1.807, 2.05) is 12.1 Å². The van der Waals surface area contributed by atoms with Crippen LogP contribution in [0.15, 0.2) is 34.0 Å². The maximum absolute atomic E-state index is 11.6. The first-order valence-electron chi connectivity index (χ1n) is 7.42. The van der Waals surface area contributed by atoms with Gasteiger partial charge in [0.05, 0.1) is 12.4 Å². The highest BCUT2D eigenvalue weighted by atomic mass is 32.2. The monoisotopic (exact) mass is 335 g/mol. The molecule has 7 heteroatoms. The second-order valence-electron chi connectivity index (χ2n) is 5.29. The molecular weight excluding hydrogens is 314 g/mol. The molecule has 1 aromatic heterocycles. The van der Waals surface area contributed by atoms with Crippen LogP contribution in [0.4, 0.5) is 0 Å². The number of nitrogens with zero attached hydrogens (tertiary/aromatic N) is 2. The van der Waals surface area contributed by atoms with Crippen LogP contribution in [-0.2, 0) is 9.53 Å². The predicted molar refractivity (Wildman–Crippen MR) is 89.4 cm³/mol. The number of rotatable bonds is 8. The molecule has 0 aliphatic rings. The fourth-order valence-corrected chi connectivity index (χ4v) is 2.47. The Balaban J connectivity index is 1.89. The summed E-state index contributed by atoms with van der Waals surface area (Å²) in [5, 5.41) is 7.07. The lowest BCUT2D eigenvalue weighted by Crippen LogP contribution is -2.28. The Morgan fingerprint density at radius 2 is 2.09 bits per heavy atom. The lowest BCUT2D eigenvalue weighted by atomic mass is 10.0. The Morgan fingerprint density at radius 3 is 2.74 bits per heavy atom. The average molecular weight is 335 g/mol. The Bertz CT molecular complexity index is 626. The van der Waals surface area contributed by atoms with Crippen LogP contribution in [-0.4, -0.2) is 42.1 Å². The van der Waals surface area contributed by atoms with Crippen molar-refractivity contribution in [3.63, 3.8) is 0 Å². The van der Waals surface area contributed by atoms with Crippen LogP contribution in [0.25, 0.3) is 11.4 Å². The van der Waals surface area contributed by atoms with Crippen molar-refractivity contribution in [3.8, 4) is 11.4 Å². The standard InChI is InChI=1S/C16H21N3O3S/c1-11(2)12-4-6-13(7-5-12)15-18-16(22-19-15)23-10-14(20)17-8-9-21-3/h4-7,11H,8-10H2,1-3H3,(H,17,20). The zero-order valence-corrected chi connectivity index (χ0v) is 14.4. The summed E-state index contributed by atoms with van der Waals surface area (Å²) in [7, 11) is 1.59. The van der Waals surface area contributed by atoms with Crippen molar-refractivity contribution in [3.05, 3.63) is 29.8 Å². The van der Waals surface area contributed by atoms with E-state index in [1.54, 1.807) is 7.11 Å². The van der Waals surface area contributed by atoms with Gasteiger partial charge in [-0.25, -0.2) is 0 Å². The Kier molecular flexibility index (Phi) is 6.61. The molecule has 0 unspecified atom stereocenters. The van der Waals surface area contributed by atoms with Gasteiger partial charge in [-0.1, -0.05) is 55.0 Å². The van der Waals surface area contributed by atoms with Crippen molar-refractivity contribution in [2.45, 2.75) is 25.0 Å². The van der Waals surface area contributed by atoms with Gasteiger partial charge in [-0.15, -0.1) is 0 Å². The van der Waals surface area contributed by atoms with Crippen LogP contribution < -0.4 is 5.32 Å². The third-order valence-corrected chi connectivity index (χ3v) is 4.02. The topological polar surface area (TPSA) is 77.2 Å². The van der Waals surface area contributed by atoms with Crippen LogP contribution in [0.5, 0.6) is 0 Å². The molecule has 23 heavy (non-hydrogen) atoms. The van der Waals surface area contributed by atoms with Crippen LogP contribution in [0.3, 0.4) is 0 Å². The average Bonchev–Trinajstić information content (AvgIpc) is 3.02. The molecule has 1 amide bonds. The Labute approximate surface area is 140 Å². The quantitative estimate of drug-likeness (QED) is 0.590. The molecule has 6 nitrogen and oxygen atoms in total. The van der Waals surface area contributed by atoms with Gasteiger partial charge in [0.15, 0.2) is 0 Å². The van der Waals surface area contributed by atoms with Crippen molar-refractivity contribution in [1.29, 1.82) is 0 Å². The van der Waals surface area contributed by atoms with Crippen LogP contribution in [0.1, 0.15) is 25.3 Å². The molecular formula is C16H21N3O3S. The maximum Gasteiger partial charge on any atom is 0.286 e. The summed E-state index contributed by atoms with van der Waals surface area (Å²) in [6, 6.07) is 8.08. The van der Waals surface area contributed by atoms with Crippen LogP contribution >= 0.6 is 11.8 Å². The first kappa shape index (κ1) is 17.5. The molecule has 2 aromatic rings. The number of methoxy groups -OCH3 is 1. The van der Waals surface area contributed by atoms with Gasteiger partial charge in [-0.3, -0.25) is 4.79 Å². The molecule has 0 bridgehead atoms. The minimum Gasteiger partial charge on any atom is -0.383 e. The van der Waals surface area contributed by atoms with Gasteiger partial charge in [-0.05, 0) is 11.5 Å². The fourth-order valence-electron chi connectivity index (χ4n) is 1.87. The number of amides is 1. The Morgan fingerprint density at radius 1 is 1.35 bits per heavy atom. The summed E-state index contributed by atoms with van der Waals surface area (Å²) in [6.07, 6.45) is 0. The predicted octanol–water partition coefficient (Wildman–Crippen LogP) is 2.71. The third-order valence-electron chi connectivity index (χ3n) is 3.20. The first-order valence-corrected chi connectivity index (χ1v) is 8.41. The molecule has 1 heterocycles. The molecule has 2 rings (SSSR count). The molecule has 0 aliphatic carbocycles. The third kappa shape index (κ3) is 5.37. The second-order valence-corrected chi connectivity index (χ2v) is 6.22. The van der Waals surface area contributed by atoms with Crippen LogP contribution in [0, 0.1) is 0 Å². The number of carbonyl (C=O) groups is 1. The molecule has 0 radical (unpaired) electrons. The first-order chi connectivity index (χ1) is 11.1. The van der Waals surface area contributed by atoms with Gasteiger partial charge in [0.1, 0.15) is 0 Å². The lowest BCUT2D eigenvalue weighted by Gasteiger charge is -2.04. The fraction of sp³-hybridized carbons (Fsp3) is 0.438. The van der Waals surface area contributed by atoms with Crippen molar-refractivity contribution in [2.24, 2.45) is 0 Å². The molecule has 0 aliphatic heterocycles. The van der Waals surface area contributed by atoms with E-state index in [1.165, 1.54) is 17.3 Å². The van der Waals surface area contributed by atoms with Gasteiger partial charge < -0.3 is 14.6 Å². The number of benzene rings is 1. The molecule has 1 aromatic carbocycles. The van der Waals surface area contributed by atoms with Crippen molar-refractivity contribution in [1.82, 2.24) is 15.5 Å². The van der Waals surface area contributed by atoms with E-state index in [4.69, 9.17) is 9.26 Å². The number of hydrogen-bond acceptors (Lipinski definition) is 6. The van der Waals surface area contributed by atoms with E-state index in [0.29, 0.717) is 30.1 Å². The van der Waals surface area contributed by atoms with Crippen molar-refractivity contribution < 1.29 is 14.1 Å². The Hall–Kier alpha value is -1.86. The zero-order chi connectivity index (χ0) is 16.7. The number of hydrogen-bond donors (Lipinski definition) is 1. The van der Waals surface area contributed by atoms with E-state index in [2.05, 4.69) is 41.4 Å². The SMILES string of the molecule is COCCNC(=O)CSc1nc(-c2ccc(C(C)C)cc2)no1. The highest BCUT2D eigenvalue weighted by Gasteiger charge is 2.11. The normalized spacial score (nSPS) is 11.0. The summed E-state index contributed by atoms with van der Waals surface area (Å²) in [5.74, 6) is 1.16. The molecule has 0 saturated heterocycles. The smallest absolute Gasteiger partial charge is 0.286 e. The van der Waals surface area contributed by atoms with Gasteiger partial charge in [0, 0.05) is 19.2 Å². The minimum absolute atomic E-state index is 0.0897. The molecule has 0 fully saturated rings. The highest BCUT2D eigenvalue weighted by molar-refractivity contribution is 7.99. The molecule has 0 spiro atoms. The van der Waals surface area contributed by atoms with E-state index >= 15 is 0 Å². The number of ether oxygens (including phenoxy) is 1. The second kappa shape index (κ2) is 8.69. The highest BCUT2D eigenvalue weighted by Crippen LogP contribution is 2.23. The molecule has 124 valence electrons. The maximum atomic E-state index is 11.6. The molecule has 0 saturated carbocycles. The van der Waals surface area contributed by atoms with Crippen molar-refractivity contribution in [2.75, 3.05) is 26.0 Å². The van der Waals surface area contributed by atoms with E-state index < -0.39 is 0 Å². The van der Waals surface area contributed by atoms with E-state index in [-0.39, 0.29) is 11.7 Å². The summed E-state index contributed by atoms with van der Waals surface area (Å²) < 4.78 is 10.0. The number of aromatic nitrogens is 2. The van der Waals surface area contributed by atoms with Crippen LogP contribution in [0.2, 0.25) is 0 Å². The number of thioether (sulfide) groups is 1. The largest absolute Gasteiger partial charge is 0.383 e. The summed E-state index contributed by atoms with van der Waals surface area (Å²) in [4.78, 5) is 15.9. The summed E-state index contributed by atoms with van der Waals surface area (Å²) >= 11 is 1.22. The summed E-state index contributed by atoms with van der Waals surface area (Å²) in [5.41, 5.74) is 2.16. The van der Waals surface area contributed by atoms with Gasteiger partial charge in [0.25, 0.3) is 5.22 Å². The van der Waals surface area contributed by atoms with Gasteiger partial charge >= 0.3 is 0 Å². The van der Waals surface area contributed by atoms with Crippen molar-refractivity contribution >= 4 is 17.7 Å². The lowest BCUT2D eigenvalue weighted by molar-refractivity contribution is -0.118. The van der Waals surface area contributed by atoms with Gasteiger partial charge in [0.2, 0.25) is 11.7 Å². The minimum atomic E-state index is -0.0897. The van der Waals surface area contributed by atoms with E-state index in [9.17, 15) is 4.79 Å². The number of carbonyl (C=O) groups excluding carboxylic acids is 1. The van der Waals surface area contributed by atoms with Gasteiger partial charge in [-0.2, -0.15) is 4.98 Å². The zero-order valence-electron chi connectivity index (χ0n) is 13.5. The molecule has 0 atom stereocenters. The summed E-state index contributed by atoms with van der Waals surface area (Å²) in [6.45, 7) is 5.28. The molecule has 1 N–H and O–H groups in total.